The number of rotatable bonds is 5. The summed E-state index contributed by atoms with van der Waals surface area (Å²) >= 11 is 0. The van der Waals surface area contributed by atoms with Crippen molar-refractivity contribution >= 4 is 0 Å². The van der Waals surface area contributed by atoms with Gasteiger partial charge in [-0.2, -0.15) is 0 Å². The van der Waals surface area contributed by atoms with Gasteiger partial charge in [0.15, 0.2) is 11.5 Å². The first kappa shape index (κ1) is 13.0. The fourth-order valence-corrected chi connectivity index (χ4v) is 1.67. The van der Waals surface area contributed by atoms with Crippen LogP contribution in [0.2, 0.25) is 0 Å². The van der Waals surface area contributed by atoms with Crippen LogP contribution in [0.15, 0.2) is 18.2 Å². The molecular weight excluding hydrogens is 230 g/mol. The zero-order valence-electron chi connectivity index (χ0n) is 11.3. The minimum atomic E-state index is 0.298. The van der Waals surface area contributed by atoms with Crippen molar-refractivity contribution in [3.05, 3.63) is 18.2 Å². The first-order chi connectivity index (χ1) is 8.54. The molecule has 2 rings (SSSR count). The van der Waals surface area contributed by atoms with Crippen LogP contribution in [-0.4, -0.2) is 26.5 Å². The quantitative estimate of drug-likeness (QED) is 0.816. The topological polar surface area (TPSA) is 39.7 Å². The summed E-state index contributed by atoms with van der Waals surface area (Å²) in [5, 5.41) is 3.37. The summed E-state index contributed by atoms with van der Waals surface area (Å²) in [5.41, 5.74) is 0.304. The van der Waals surface area contributed by atoms with E-state index in [1.165, 1.54) is 0 Å². The van der Waals surface area contributed by atoms with Crippen LogP contribution in [0, 0.1) is 5.41 Å². The number of benzene rings is 1. The Kier molecular flexibility index (Phi) is 3.97. The zero-order valence-corrected chi connectivity index (χ0v) is 11.3. The second-order valence-corrected chi connectivity index (χ2v) is 5.60. The molecule has 0 spiro atoms. The molecule has 0 saturated heterocycles. The highest BCUT2D eigenvalue weighted by molar-refractivity contribution is 5.46. The van der Waals surface area contributed by atoms with Crippen molar-refractivity contribution in [1.29, 1.82) is 0 Å². The van der Waals surface area contributed by atoms with Gasteiger partial charge >= 0.3 is 0 Å². The van der Waals surface area contributed by atoms with Gasteiger partial charge in [-0.1, -0.05) is 20.8 Å². The number of ether oxygens (including phenoxy) is 3. The molecular formula is C14H21NO3. The Morgan fingerprint density at radius 1 is 1.22 bits per heavy atom. The summed E-state index contributed by atoms with van der Waals surface area (Å²) in [6.07, 6.45) is 0. The van der Waals surface area contributed by atoms with E-state index < -0.39 is 0 Å². The lowest BCUT2D eigenvalue weighted by Gasteiger charge is -2.18. The van der Waals surface area contributed by atoms with E-state index in [1.807, 2.05) is 18.2 Å². The Balaban J connectivity index is 1.71. The lowest BCUT2D eigenvalue weighted by Crippen LogP contribution is -2.30. The standard InChI is InChI=1S/C14H21NO3/c1-14(2,3)9-15-6-7-16-11-4-5-12-13(8-11)18-10-17-12/h4-5,8,15H,6-7,9-10H2,1-3H3. The number of fused-ring (bicyclic) bond motifs is 1. The van der Waals surface area contributed by atoms with E-state index in [0.29, 0.717) is 18.8 Å². The van der Waals surface area contributed by atoms with Crippen LogP contribution < -0.4 is 19.5 Å². The molecule has 0 unspecified atom stereocenters. The minimum Gasteiger partial charge on any atom is -0.492 e. The van der Waals surface area contributed by atoms with Crippen LogP contribution in [0.1, 0.15) is 20.8 Å². The summed E-state index contributed by atoms with van der Waals surface area (Å²) in [6, 6.07) is 5.64. The second-order valence-electron chi connectivity index (χ2n) is 5.60. The van der Waals surface area contributed by atoms with Gasteiger partial charge in [0.1, 0.15) is 12.4 Å². The fourth-order valence-electron chi connectivity index (χ4n) is 1.67. The predicted molar refractivity (Wildman–Crippen MR) is 70.4 cm³/mol. The minimum absolute atomic E-state index is 0.298. The largest absolute Gasteiger partial charge is 0.492 e. The summed E-state index contributed by atoms with van der Waals surface area (Å²) in [5.74, 6) is 2.36. The van der Waals surface area contributed by atoms with Crippen molar-refractivity contribution in [2.45, 2.75) is 20.8 Å². The van der Waals surface area contributed by atoms with Crippen LogP contribution >= 0.6 is 0 Å². The lowest BCUT2D eigenvalue weighted by atomic mass is 9.97. The SMILES string of the molecule is CC(C)(C)CNCCOc1ccc2c(c1)OCO2. The average Bonchev–Trinajstić information content (AvgIpc) is 2.74. The summed E-state index contributed by atoms with van der Waals surface area (Å²) < 4.78 is 16.2. The maximum Gasteiger partial charge on any atom is 0.231 e. The Morgan fingerprint density at radius 3 is 2.78 bits per heavy atom. The van der Waals surface area contributed by atoms with Gasteiger partial charge in [0, 0.05) is 19.2 Å². The highest BCUT2D eigenvalue weighted by atomic mass is 16.7. The highest BCUT2D eigenvalue weighted by Gasteiger charge is 2.13. The van der Waals surface area contributed by atoms with Crippen molar-refractivity contribution in [2.24, 2.45) is 5.41 Å². The van der Waals surface area contributed by atoms with E-state index in [-0.39, 0.29) is 0 Å². The summed E-state index contributed by atoms with van der Waals surface area (Å²) in [6.45, 7) is 9.39. The molecule has 18 heavy (non-hydrogen) atoms. The van der Waals surface area contributed by atoms with E-state index in [2.05, 4.69) is 26.1 Å². The Bertz CT molecular complexity index is 399. The van der Waals surface area contributed by atoms with Crippen LogP contribution in [-0.2, 0) is 0 Å². The average molecular weight is 251 g/mol. The molecule has 4 nitrogen and oxygen atoms in total. The van der Waals surface area contributed by atoms with Gasteiger partial charge in [-0.3, -0.25) is 0 Å². The van der Waals surface area contributed by atoms with Crippen LogP contribution in [0.5, 0.6) is 17.2 Å². The molecule has 1 N–H and O–H groups in total. The molecule has 0 aromatic heterocycles. The third-order valence-electron chi connectivity index (χ3n) is 2.55. The molecule has 0 saturated carbocycles. The van der Waals surface area contributed by atoms with Gasteiger partial charge in [0.25, 0.3) is 0 Å². The molecule has 100 valence electrons. The molecule has 0 radical (unpaired) electrons. The van der Waals surface area contributed by atoms with Gasteiger partial charge in [-0.25, -0.2) is 0 Å². The molecule has 0 amide bonds. The van der Waals surface area contributed by atoms with Gasteiger partial charge in [-0.05, 0) is 17.5 Å². The molecule has 0 atom stereocenters. The Labute approximate surface area is 108 Å². The van der Waals surface area contributed by atoms with E-state index >= 15 is 0 Å². The molecule has 1 aliphatic heterocycles. The molecule has 1 aromatic rings. The monoisotopic (exact) mass is 251 g/mol. The molecule has 0 bridgehead atoms. The van der Waals surface area contributed by atoms with Gasteiger partial charge in [-0.15, -0.1) is 0 Å². The highest BCUT2D eigenvalue weighted by Crippen LogP contribution is 2.34. The van der Waals surface area contributed by atoms with Gasteiger partial charge < -0.3 is 19.5 Å². The lowest BCUT2D eigenvalue weighted by molar-refractivity contribution is 0.173. The molecule has 1 aromatic carbocycles. The number of hydrogen-bond acceptors (Lipinski definition) is 4. The second kappa shape index (κ2) is 5.48. The Morgan fingerprint density at radius 2 is 2.00 bits per heavy atom. The van der Waals surface area contributed by atoms with E-state index in [1.54, 1.807) is 0 Å². The third kappa shape index (κ3) is 3.81. The predicted octanol–water partition coefficient (Wildman–Crippen LogP) is 2.43. The first-order valence-electron chi connectivity index (χ1n) is 6.28. The first-order valence-corrected chi connectivity index (χ1v) is 6.28. The third-order valence-corrected chi connectivity index (χ3v) is 2.55. The fraction of sp³-hybridized carbons (Fsp3) is 0.571. The molecule has 1 aliphatic rings. The van der Waals surface area contributed by atoms with E-state index in [9.17, 15) is 0 Å². The summed E-state index contributed by atoms with van der Waals surface area (Å²) in [4.78, 5) is 0. The zero-order chi connectivity index (χ0) is 13.0. The van der Waals surface area contributed by atoms with Crippen LogP contribution in [0.25, 0.3) is 0 Å². The molecule has 0 fully saturated rings. The maximum atomic E-state index is 5.65. The van der Waals surface area contributed by atoms with Crippen molar-refractivity contribution in [1.82, 2.24) is 5.32 Å². The van der Waals surface area contributed by atoms with Crippen molar-refractivity contribution < 1.29 is 14.2 Å². The van der Waals surface area contributed by atoms with Crippen molar-refractivity contribution in [3.8, 4) is 17.2 Å². The molecule has 4 heteroatoms. The Hall–Kier alpha value is -1.42. The molecule has 1 heterocycles. The van der Waals surface area contributed by atoms with Crippen molar-refractivity contribution in [3.63, 3.8) is 0 Å². The van der Waals surface area contributed by atoms with Crippen LogP contribution in [0.4, 0.5) is 0 Å². The number of hydrogen-bond donors (Lipinski definition) is 1. The van der Waals surface area contributed by atoms with Gasteiger partial charge in [0.2, 0.25) is 6.79 Å². The van der Waals surface area contributed by atoms with Gasteiger partial charge in [0.05, 0.1) is 0 Å². The van der Waals surface area contributed by atoms with E-state index in [0.717, 1.165) is 30.3 Å². The normalized spacial score (nSPS) is 13.7. The van der Waals surface area contributed by atoms with Crippen molar-refractivity contribution in [2.75, 3.05) is 26.5 Å². The number of nitrogens with one attached hydrogen (secondary N) is 1. The van der Waals surface area contributed by atoms with Crippen LogP contribution in [0.3, 0.4) is 0 Å². The van der Waals surface area contributed by atoms with E-state index in [4.69, 9.17) is 14.2 Å². The molecule has 0 aliphatic carbocycles. The summed E-state index contributed by atoms with van der Waals surface area (Å²) in [7, 11) is 0. The smallest absolute Gasteiger partial charge is 0.231 e. The maximum absolute atomic E-state index is 5.65.